The largest absolute Gasteiger partial charge is 0.330 e. The summed E-state index contributed by atoms with van der Waals surface area (Å²) in [5.74, 6) is 0.749. The Balaban J connectivity index is 1.79. The second kappa shape index (κ2) is 11.9. The van der Waals surface area contributed by atoms with E-state index in [0.717, 1.165) is 12.5 Å². The minimum Gasteiger partial charge on any atom is -0.330 e. The van der Waals surface area contributed by atoms with Gasteiger partial charge < -0.3 is 5.73 Å². The van der Waals surface area contributed by atoms with Crippen molar-refractivity contribution >= 4 is 0 Å². The second-order valence-corrected chi connectivity index (χ2v) is 6.94. The predicted molar refractivity (Wildman–Crippen MR) is 105 cm³/mol. The van der Waals surface area contributed by atoms with E-state index >= 15 is 0 Å². The molecule has 2 aromatic rings. The lowest BCUT2D eigenvalue weighted by Gasteiger charge is -2.17. The molecule has 0 aliphatic heterocycles. The molecule has 1 heteroatoms. The van der Waals surface area contributed by atoms with Gasteiger partial charge in [-0.15, -0.1) is 0 Å². The fourth-order valence-corrected chi connectivity index (χ4v) is 3.46. The van der Waals surface area contributed by atoms with Gasteiger partial charge in [0.25, 0.3) is 0 Å². The highest BCUT2D eigenvalue weighted by Crippen LogP contribution is 2.21. The van der Waals surface area contributed by atoms with E-state index in [-0.39, 0.29) is 0 Å². The highest BCUT2D eigenvalue weighted by molar-refractivity contribution is 5.18. The third kappa shape index (κ3) is 7.79. The van der Waals surface area contributed by atoms with Crippen LogP contribution in [0.4, 0.5) is 0 Å². The first-order valence-electron chi connectivity index (χ1n) is 9.66. The molecule has 0 aliphatic carbocycles. The molecular weight excluding hydrogens is 290 g/mol. The Bertz CT molecular complexity index is 479. The summed E-state index contributed by atoms with van der Waals surface area (Å²) < 4.78 is 0. The van der Waals surface area contributed by atoms with Gasteiger partial charge in [0.05, 0.1) is 0 Å². The van der Waals surface area contributed by atoms with Crippen LogP contribution in [0.2, 0.25) is 0 Å². The molecule has 0 aromatic heterocycles. The van der Waals surface area contributed by atoms with Crippen LogP contribution in [0.15, 0.2) is 60.7 Å². The van der Waals surface area contributed by atoms with E-state index in [1.807, 2.05) is 0 Å². The molecule has 0 spiro atoms. The van der Waals surface area contributed by atoms with Crippen molar-refractivity contribution < 1.29 is 0 Å². The summed E-state index contributed by atoms with van der Waals surface area (Å²) in [4.78, 5) is 0. The van der Waals surface area contributed by atoms with Crippen LogP contribution in [-0.2, 0) is 12.8 Å². The van der Waals surface area contributed by atoms with Crippen molar-refractivity contribution in [3.8, 4) is 0 Å². The van der Waals surface area contributed by atoms with E-state index < -0.39 is 0 Å². The van der Waals surface area contributed by atoms with Crippen molar-refractivity contribution in [3.63, 3.8) is 0 Å². The smallest absolute Gasteiger partial charge is 0.00773 e. The molecule has 0 saturated carbocycles. The molecule has 2 rings (SSSR count). The Hall–Kier alpha value is -1.60. The molecule has 0 heterocycles. The Morgan fingerprint density at radius 2 is 1.04 bits per heavy atom. The Morgan fingerprint density at radius 1 is 0.583 bits per heavy atom. The quantitative estimate of drug-likeness (QED) is 0.492. The van der Waals surface area contributed by atoms with Crippen LogP contribution >= 0.6 is 0 Å². The maximum absolute atomic E-state index is 5.56. The van der Waals surface area contributed by atoms with Crippen LogP contribution < -0.4 is 5.73 Å². The number of rotatable bonds is 12. The van der Waals surface area contributed by atoms with Crippen molar-refractivity contribution in [2.45, 2.75) is 57.8 Å². The first-order valence-corrected chi connectivity index (χ1v) is 9.66. The van der Waals surface area contributed by atoms with Gasteiger partial charge in [0.15, 0.2) is 0 Å². The van der Waals surface area contributed by atoms with Gasteiger partial charge in [-0.3, -0.25) is 0 Å². The zero-order valence-electron chi connectivity index (χ0n) is 15.0. The summed E-state index contributed by atoms with van der Waals surface area (Å²) in [6.07, 6.45) is 11.6. The molecule has 24 heavy (non-hydrogen) atoms. The summed E-state index contributed by atoms with van der Waals surface area (Å²) in [6.45, 7) is 0.843. The molecule has 0 unspecified atom stereocenters. The molecule has 0 atom stereocenters. The lowest BCUT2D eigenvalue weighted by atomic mass is 9.88. The van der Waals surface area contributed by atoms with E-state index in [2.05, 4.69) is 60.7 Å². The van der Waals surface area contributed by atoms with Crippen molar-refractivity contribution in [2.75, 3.05) is 6.54 Å². The van der Waals surface area contributed by atoms with Gasteiger partial charge in [-0.05, 0) is 49.3 Å². The van der Waals surface area contributed by atoms with Crippen LogP contribution in [-0.4, -0.2) is 6.54 Å². The minimum absolute atomic E-state index is 0.749. The fraction of sp³-hybridized carbons (Fsp3) is 0.478. The first-order chi connectivity index (χ1) is 11.9. The Labute approximate surface area is 148 Å². The summed E-state index contributed by atoms with van der Waals surface area (Å²) in [5.41, 5.74) is 8.50. The fourth-order valence-electron chi connectivity index (χ4n) is 3.46. The van der Waals surface area contributed by atoms with Crippen LogP contribution in [0.25, 0.3) is 0 Å². The monoisotopic (exact) mass is 323 g/mol. The number of unbranched alkanes of at least 4 members (excludes halogenated alkanes) is 5. The van der Waals surface area contributed by atoms with E-state index in [9.17, 15) is 0 Å². The average molecular weight is 324 g/mol. The van der Waals surface area contributed by atoms with Gasteiger partial charge in [-0.2, -0.15) is 0 Å². The van der Waals surface area contributed by atoms with Crippen molar-refractivity contribution in [2.24, 2.45) is 11.7 Å². The van der Waals surface area contributed by atoms with Crippen LogP contribution in [0, 0.1) is 5.92 Å². The van der Waals surface area contributed by atoms with E-state index in [1.54, 1.807) is 0 Å². The van der Waals surface area contributed by atoms with Crippen LogP contribution in [0.3, 0.4) is 0 Å². The van der Waals surface area contributed by atoms with Gasteiger partial charge in [-0.25, -0.2) is 0 Å². The molecule has 0 aliphatic rings. The second-order valence-electron chi connectivity index (χ2n) is 6.94. The lowest BCUT2D eigenvalue weighted by molar-refractivity contribution is 0.445. The van der Waals surface area contributed by atoms with Crippen LogP contribution in [0.5, 0.6) is 0 Å². The highest BCUT2D eigenvalue weighted by atomic mass is 14.5. The normalized spacial score (nSPS) is 11.1. The molecule has 0 amide bonds. The van der Waals surface area contributed by atoms with Gasteiger partial charge in [-0.1, -0.05) is 92.8 Å². The number of nitrogens with two attached hydrogens (primary N) is 1. The van der Waals surface area contributed by atoms with Crippen molar-refractivity contribution in [3.05, 3.63) is 71.8 Å². The van der Waals surface area contributed by atoms with E-state index in [0.29, 0.717) is 0 Å². The average Bonchev–Trinajstić information content (AvgIpc) is 2.62. The summed E-state index contributed by atoms with van der Waals surface area (Å²) >= 11 is 0. The van der Waals surface area contributed by atoms with E-state index in [1.165, 1.54) is 68.9 Å². The van der Waals surface area contributed by atoms with Gasteiger partial charge in [0, 0.05) is 0 Å². The molecule has 0 radical (unpaired) electrons. The van der Waals surface area contributed by atoms with Gasteiger partial charge in [0.1, 0.15) is 0 Å². The zero-order chi connectivity index (χ0) is 16.9. The first kappa shape index (κ1) is 18.7. The maximum atomic E-state index is 5.56. The summed E-state index contributed by atoms with van der Waals surface area (Å²) in [5, 5.41) is 0. The topological polar surface area (TPSA) is 26.0 Å². The standard InChI is InChI=1S/C23H33N/c24-18-12-4-2-1-3-7-17-23(19-21-13-8-5-9-14-21)20-22-15-10-6-11-16-22/h5-6,8-11,13-16,23H,1-4,7,12,17-20,24H2. The number of hydrogen-bond acceptors (Lipinski definition) is 1. The SMILES string of the molecule is NCCCCCCCCC(Cc1ccccc1)Cc1ccccc1. The van der Waals surface area contributed by atoms with Gasteiger partial charge in [0.2, 0.25) is 0 Å². The zero-order valence-corrected chi connectivity index (χ0v) is 15.0. The van der Waals surface area contributed by atoms with Crippen molar-refractivity contribution in [1.29, 1.82) is 0 Å². The Kier molecular flexibility index (Phi) is 9.26. The summed E-state index contributed by atoms with van der Waals surface area (Å²) in [7, 11) is 0. The molecule has 0 saturated heterocycles. The Morgan fingerprint density at radius 3 is 1.54 bits per heavy atom. The van der Waals surface area contributed by atoms with Crippen LogP contribution in [0.1, 0.15) is 56.1 Å². The molecule has 1 nitrogen and oxygen atoms in total. The highest BCUT2D eigenvalue weighted by Gasteiger charge is 2.10. The molecule has 0 fully saturated rings. The number of hydrogen-bond donors (Lipinski definition) is 1. The molecule has 2 aromatic carbocycles. The molecule has 130 valence electrons. The third-order valence-electron chi connectivity index (χ3n) is 4.80. The molecule has 0 bridgehead atoms. The predicted octanol–water partition coefficient (Wildman–Crippen LogP) is 5.78. The minimum atomic E-state index is 0.749. The van der Waals surface area contributed by atoms with Crippen molar-refractivity contribution in [1.82, 2.24) is 0 Å². The lowest BCUT2D eigenvalue weighted by Crippen LogP contribution is -2.08. The van der Waals surface area contributed by atoms with E-state index in [4.69, 9.17) is 5.73 Å². The number of benzene rings is 2. The molecule has 2 N–H and O–H groups in total. The summed E-state index contributed by atoms with van der Waals surface area (Å²) in [6, 6.07) is 21.9. The third-order valence-corrected chi connectivity index (χ3v) is 4.80. The molecular formula is C23H33N. The van der Waals surface area contributed by atoms with Gasteiger partial charge >= 0.3 is 0 Å². The maximum Gasteiger partial charge on any atom is -0.00773 e.